The van der Waals surface area contributed by atoms with Crippen LogP contribution < -0.4 is 4.74 Å². The highest BCUT2D eigenvalue weighted by atomic mass is 16.5. The fraction of sp³-hybridized carbons (Fsp3) is 0.615. The summed E-state index contributed by atoms with van der Waals surface area (Å²) in [6.45, 7) is 6.66. The summed E-state index contributed by atoms with van der Waals surface area (Å²) in [4.78, 5) is 9.15. The number of hydrogen-bond donors (Lipinski definition) is 0. The Morgan fingerprint density at radius 2 is 1.34 bits per heavy atom. The first-order valence-corrected chi connectivity index (χ1v) is 11.8. The Morgan fingerprint density at radius 1 is 0.759 bits per heavy atom. The largest absolute Gasteiger partial charge is 0.491 e. The molecule has 160 valence electrons. The van der Waals surface area contributed by atoms with Crippen LogP contribution in [0.3, 0.4) is 0 Å². The van der Waals surface area contributed by atoms with Crippen molar-refractivity contribution in [3.05, 3.63) is 42.2 Å². The smallest absolute Gasteiger partial charge is 0.159 e. The third-order valence-corrected chi connectivity index (χ3v) is 5.44. The van der Waals surface area contributed by atoms with Gasteiger partial charge in [0, 0.05) is 18.0 Å². The number of hydrogen-bond acceptors (Lipinski definition) is 3. The van der Waals surface area contributed by atoms with Gasteiger partial charge in [0.25, 0.3) is 0 Å². The molecule has 0 bridgehead atoms. The highest BCUT2D eigenvalue weighted by Crippen LogP contribution is 2.21. The number of nitrogens with zero attached hydrogens (tertiary/aromatic N) is 2. The fourth-order valence-corrected chi connectivity index (χ4v) is 3.57. The molecule has 0 spiro atoms. The van der Waals surface area contributed by atoms with Crippen LogP contribution in [-0.4, -0.2) is 16.1 Å². The van der Waals surface area contributed by atoms with E-state index in [4.69, 9.17) is 4.74 Å². The van der Waals surface area contributed by atoms with E-state index in [9.17, 15) is 0 Å². The van der Waals surface area contributed by atoms with Crippen molar-refractivity contribution in [2.24, 2.45) is 0 Å². The number of rotatable bonds is 15. The standard InChI is InChI=1S/C26H40N2O/c1-4-6-8-10-11-13-15-23-20-27-26(28-21-23)24-16-18-25(19-17-24)29-22(3)14-12-9-7-5-2/h16-22H,4-15H2,1-3H3/t22-/m0/s1. The summed E-state index contributed by atoms with van der Waals surface area (Å²) in [5, 5.41) is 0. The van der Waals surface area contributed by atoms with Gasteiger partial charge in [-0.3, -0.25) is 0 Å². The molecule has 0 fully saturated rings. The van der Waals surface area contributed by atoms with E-state index in [2.05, 4.69) is 42.9 Å². The summed E-state index contributed by atoms with van der Waals surface area (Å²) < 4.78 is 6.04. The van der Waals surface area contributed by atoms with Crippen LogP contribution in [0.2, 0.25) is 0 Å². The van der Waals surface area contributed by atoms with Gasteiger partial charge in [0.05, 0.1) is 6.10 Å². The van der Waals surface area contributed by atoms with Crippen LogP contribution in [0.15, 0.2) is 36.7 Å². The van der Waals surface area contributed by atoms with Crippen molar-refractivity contribution < 1.29 is 4.74 Å². The zero-order valence-electron chi connectivity index (χ0n) is 18.8. The number of benzene rings is 1. The summed E-state index contributed by atoms with van der Waals surface area (Å²) >= 11 is 0. The van der Waals surface area contributed by atoms with Crippen LogP contribution >= 0.6 is 0 Å². The first-order chi connectivity index (χ1) is 14.2. The van der Waals surface area contributed by atoms with E-state index in [-0.39, 0.29) is 6.10 Å². The Hall–Kier alpha value is -1.90. The minimum Gasteiger partial charge on any atom is -0.491 e. The molecule has 0 aliphatic carbocycles. The van der Waals surface area contributed by atoms with Crippen molar-refractivity contribution in [1.29, 1.82) is 0 Å². The van der Waals surface area contributed by atoms with Crippen LogP contribution in [-0.2, 0) is 6.42 Å². The van der Waals surface area contributed by atoms with E-state index in [1.54, 1.807) is 0 Å². The Bertz CT molecular complexity index is 651. The quantitative estimate of drug-likeness (QED) is 0.288. The van der Waals surface area contributed by atoms with Gasteiger partial charge in [-0.05, 0) is 62.4 Å². The van der Waals surface area contributed by atoms with Gasteiger partial charge in [-0.25, -0.2) is 9.97 Å². The van der Waals surface area contributed by atoms with Crippen molar-refractivity contribution in [3.8, 4) is 17.1 Å². The number of ether oxygens (including phenoxy) is 1. The molecular formula is C26H40N2O. The molecule has 2 rings (SSSR count). The average molecular weight is 397 g/mol. The van der Waals surface area contributed by atoms with Gasteiger partial charge in [-0.2, -0.15) is 0 Å². The zero-order chi connectivity index (χ0) is 20.7. The summed E-state index contributed by atoms with van der Waals surface area (Å²) in [6.07, 6.45) is 19.5. The van der Waals surface area contributed by atoms with Crippen molar-refractivity contribution in [2.75, 3.05) is 0 Å². The Balaban J connectivity index is 1.76. The molecule has 0 amide bonds. The van der Waals surface area contributed by atoms with Crippen molar-refractivity contribution >= 4 is 0 Å². The van der Waals surface area contributed by atoms with Crippen LogP contribution in [0.1, 0.15) is 97.0 Å². The number of unbranched alkanes of at least 4 members (excludes halogenated alkanes) is 8. The van der Waals surface area contributed by atoms with Crippen LogP contribution in [0.5, 0.6) is 5.75 Å². The topological polar surface area (TPSA) is 35.0 Å². The molecule has 1 atom stereocenters. The molecule has 0 radical (unpaired) electrons. The maximum atomic E-state index is 6.04. The maximum Gasteiger partial charge on any atom is 0.159 e. The van der Waals surface area contributed by atoms with Crippen molar-refractivity contribution in [3.63, 3.8) is 0 Å². The van der Waals surface area contributed by atoms with Gasteiger partial charge < -0.3 is 4.74 Å². The molecule has 1 heterocycles. The predicted molar refractivity (Wildman–Crippen MR) is 123 cm³/mol. The maximum absolute atomic E-state index is 6.04. The van der Waals surface area contributed by atoms with Gasteiger partial charge >= 0.3 is 0 Å². The van der Waals surface area contributed by atoms with E-state index in [1.165, 1.54) is 69.8 Å². The van der Waals surface area contributed by atoms with Crippen LogP contribution in [0.4, 0.5) is 0 Å². The summed E-state index contributed by atoms with van der Waals surface area (Å²) in [5.41, 5.74) is 2.28. The molecule has 0 aliphatic rings. The second-order valence-electron chi connectivity index (χ2n) is 8.23. The lowest BCUT2D eigenvalue weighted by molar-refractivity contribution is 0.206. The molecule has 0 saturated heterocycles. The van der Waals surface area contributed by atoms with Gasteiger partial charge in [0.2, 0.25) is 0 Å². The van der Waals surface area contributed by atoms with Gasteiger partial charge in [-0.1, -0.05) is 65.2 Å². The van der Waals surface area contributed by atoms with Crippen LogP contribution in [0, 0.1) is 0 Å². The van der Waals surface area contributed by atoms with E-state index < -0.39 is 0 Å². The fourth-order valence-electron chi connectivity index (χ4n) is 3.57. The molecular weight excluding hydrogens is 356 g/mol. The lowest BCUT2D eigenvalue weighted by Crippen LogP contribution is -2.11. The number of aryl methyl sites for hydroxylation is 1. The van der Waals surface area contributed by atoms with Gasteiger partial charge in [-0.15, -0.1) is 0 Å². The van der Waals surface area contributed by atoms with E-state index in [0.29, 0.717) is 0 Å². The molecule has 3 nitrogen and oxygen atoms in total. The van der Waals surface area contributed by atoms with Crippen LogP contribution in [0.25, 0.3) is 11.4 Å². The van der Waals surface area contributed by atoms with Crippen molar-refractivity contribution in [1.82, 2.24) is 9.97 Å². The molecule has 1 aromatic carbocycles. The molecule has 0 N–H and O–H groups in total. The average Bonchev–Trinajstić information content (AvgIpc) is 2.75. The predicted octanol–water partition coefficient (Wildman–Crippen LogP) is 7.78. The van der Waals surface area contributed by atoms with E-state index in [0.717, 1.165) is 30.0 Å². The summed E-state index contributed by atoms with van der Waals surface area (Å²) in [6, 6.07) is 8.18. The monoisotopic (exact) mass is 396 g/mol. The first kappa shape index (κ1) is 23.4. The molecule has 3 heteroatoms. The lowest BCUT2D eigenvalue weighted by Gasteiger charge is -2.14. The molecule has 2 aromatic rings. The summed E-state index contributed by atoms with van der Waals surface area (Å²) in [5.74, 6) is 1.72. The third kappa shape index (κ3) is 9.43. The number of aromatic nitrogens is 2. The second-order valence-corrected chi connectivity index (χ2v) is 8.23. The van der Waals surface area contributed by atoms with E-state index >= 15 is 0 Å². The third-order valence-electron chi connectivity index (χ3n) is 5.44. The Morgan fingerprint density at radius 3 is 2.00 bits per heavy atom. The van der Waals surface area contributed by atoms with Crippen molar-refractivity contribution in [2.45, 2.75) is 104 Å². The molecule has 0 aliphatic heterocycles. The molecule has 29 heavy (non-hydrogen) atoms. The highest BCUT2D eigenvalue weighted by molar-refractivity contribution is 5.55. The highest BCUT2D eigenvalue weighted by Gasteiger charge is 2.06. The SMILES string of the molecule is CCCCCCCCc1cnc(-c2ccc(O[C@@H](C)CCCCCC)cc2)nc1. The van der Waals surface area contributed by atoms with Gasteiger partial charge in [0.15, 0.2) is 5.82 Å². The lowest BCUT2D eigenvalue weighted by atomic mass is 10.1. The first-order valence-electron chi connectivity index (χ1n) is 11.8. The molecule has 1 aromatic heterocycles. The van der Waals surface area contributed by atoms with Gasteiger partial charge in [0.1, 0.15) is 5.75 Å². The Labute approximate surface area is 178 Å². The summed E-state index contributed by atoms with van der Waals surface area (Å²) in [7, 11) is 0. The Kier molecular flexibility index (Phi) is 11.4. The molecule has 0 saturated carbocycles. The minimum atomic E-state index is 0.259. The minimum absolute atomic E-state index is 0.259. The van der Waals surface area contributed by atoms with E-state index in [1.807, 2.05) is 24.5 Å². The zero-order valence-corrected chi connectivity index (χ0v) is 18.8. The second kappa shape index (κ2) is 14.1. The molecule has 0 unspecified atom stereocenters. The normalized spacial score (nSPS) is 12.1.